The smallest absolute Gasteiger partial charge is 0.306 e. The second-order valence-corrected chi connectivity index (χ2v) is 6.26. The molecule has 0 fully saturated rings. The summed E-state index contributed by atoms with van der Waals surface area (Å²) in [5, 5.41) is 8.70. The van der Waals surface area contributed by atoms with Gasteiger partial charge in [-0.15, -0.1) is 0 Å². The summed E-state index contributed by atoms with van der Waals surface area (Å²) < 4.78 is 7.70. The molecule has 0 amide bonds. The minimum atomic E-state index is -0.862. The summed E-state index contributed by atoms with van der Waals surface area (Å²) in [6, 6.07) is 20.3. The molecule has 0 unspecified atom stereocenters. The second-order valence-electron chi connectivity index (χ2n) is 6.26. The first kappa shape index (κ1) is 18.5. The van der Waals surface area contributed by atoms with Crippen LogP contribution in [0.1, 0.15) is 24.7 Å². The number of carbonyl (C=O) groups is 1. The van der Waals surface area contributed by atoms with E-state index < -0.39 is 5.97 Å². The van der Waals surface area contributed by atoms with Crippen LogP contribution in [0.25, 0.3) is 22.9 Å². The number of benzene rings is 2. The molecule has 0 atom stereocenters. The maximum atomic E-state index is 10.6. The van der Waals surface area contributed by atoms with Crippen LogP contribution in [0, 0.1) is 6.92 Å². The first-order chi connectivity index (χ1) is 13.1. The Balaban J connectivity index is 1.93. The first-order valence-corrected chi connectivity index (χ1v) is 8.95. The predicted molar refractivity (Wildman–Crippen MR) is 108 cm³/mol. The zero-order valence-corrected chi connectivity index (χ0v) is 15.6. The van der Waals surface area contributed by atoms with Crippen molar-refractivity contribution in [2.75, 3.05) is 6.61 Å². The summed E-state index contributed by atoms with van der Waals surface area (Å²) >= 11 is 0. The van der Waals surface area contributed by atoms with E-state index in [0.29, 0.717) is 5.75 Å². The molecule has 1 heterocycles. The van der Waals surface area contributed by atoms with E-state index >= 15 is 0 Å². The highest BCUT2D eigenvalue weighted by Gasteiger charge is 2.13. The zero-order valence-electron chi connectivity index (χ0n) is 15.6. The van der Waals surface area contributed by atoms with Gasteiger partial charge >= 0.3 is 5.97 Å². The van der Waals surface area contributed by atoms with Gasteiger partial charge in [-0.25, -0.2) is 0 Å². The van der Waals surface area contributed by atoms with Crippen LogP contribution in [-0.4, -0.2) is 22.2 Å². The average Bonchev–Trinajstić information content (AvgIpc) is 2.99. The third-order valence-corrected chi connectivity index (χ3v) is 4.38. The molecule has 0 aliphatic heterocycles. The number of hydrogen-bond donors (Lipinski definition) is 1. The molecule has 3 aromatic rings. The maximum Gasteiger partial charge on any atom is 0.306 e. The Kier molecular flexibility index (Phi) is 5.77. The number of carboxylic acid groups (broad SMARTS) is 1. The van der Waals surface area contributed by atoms with Crippen LogP contribution < -0.4 is 4.74 Å². The average molecular weight is 361 g/mol. The fourth-order valence-corrected chi connectivity index (χ4v) is 3.12. The van der Waals surface area contributed by atoms with Crippen molar-refractivity contribution in [2.45, 2.75) is 20.3 Å². The lowest BCUT2D eigenvalue weighted by Crippen LogP contribution is -2.05. The molecule has 1 aromatic heterocycles. The van der Waals surface area contributed by atoms with E-state index in [1.807, 2.05) is 55.5 Å². The highest BCUT2D eigenvalue weighted by molar-refractivity contribution is 5.72. The van der Waals surface area contributed by atoms with Crippen LogP contribution in [0.2, 0.25) is 0 Å². The number of aromatic nitrogens is 1. The molecule has 0 bridgehead atoms. The summed E-state index contributed by atoms with van der Waals surface area (Å²) in [5.41, 5.74) is 5.69. The molecule has 4 nitrogen and oxygen atoms in total. The Hall–Kier alpha value is -3.27. The molecular formula is C23H23NO3. The molecule has 3 rings (SSSR count). The van der Waals surface area contributed by atoms with Gasteiger partial charge in [0.1, 0.15) is 5.75 Å². The second kappa shape index (κ2) is 8.41. The normalized spacial score (nSPS) is 11.0. The van der Waals surface area contributed by atoms with Crippen LogP contribution in [0.15, 0.2) is 66.7 Å². The number of ether oxygens (including phenoxy) is 1. The van der Waals surface area contributed by atoms with Crippen molar-refractivity contribution in [1.29, 1.82) is 0 Å². The van der Waals surface area contributed by atoms with Crippen molar-refractivity contribution in [1.82, 2.24) is 4.57 Å². The van der Waals surface area contributed by atoms with Crippen LogP contribution in [0.5, 0.6) is 5.75 Å². The molecule has 0 aliphatic rings. The predicted octanol–water partition coefficient (Wildman–Crippen LogP) is 5.34. The van der Waals surface area contributed by atoms with Gasteiger partial charge in [0.25, 0.3) is 0 Å². The quantitative estimate of drug-likeness (QED) is 0.618. The standard InChI is InChI=1S/C23H23NO3/c1-3-7-20-16-22(18-8-5-4-6-9-18)17(2)24(20)19-10-12-21(13-11-19)27-15-14-23(25)26/h3-13,16H,14-15H2,1-2H3,(H,25,26)/b7-3+. The number of rotatable bonds is 7. The fraction of sp³-hybridized carbons (Fsp3) is 0.174. The van der Waals surface area contributed by atoms with Gasteiger partial charge < -0.3 is 14.4 Å². The van der Waals surface area contributed by atoms with Crippen molar-refractivity contribution < 1.29 is 14.6 Å². The van der Waals surface area contributed by atoms with Crippen LogP contribution in [0.3, 0.4) is 0 Å². The summed E-state index contributed by atoms with van der Waals surface area (Å²) in [6.45, 7) is 4.29. The van der Waals surface area contributed by atoms with Gasteiger partial charge in [0.15, 0.2) is 0 Å². The third-order valence-electron chi connectivity index (χ3n) is 4.38. The molecule has 2 aromatic carbocycles. The van der Waals surface area contributed by atoms with E-state index in [9.17, 15) is 4.79 Å². The lowest BCUT2D eigenvalue weighted by Gasteiger charge is -2.12. The minimum Gasteiger partial charge on any atom is -0.493 e. The number of nitrogens with zero attached hydrogens (tertiary/aromatic N) is 1. The summed E-state index contributed by atoms with van der Waals surface area (Å²) in [4.78, 5) is 10.6. The largest absolute Gasteiger partial charge is 0.493 e. The van der Waals surface area contributed by atoms with Crippen molar-refractivity contribution in [3.63, 3.8) is 0 Å². The van der Waals surface area contributed by atoms with E-state index in [4.69, 9.17) is 9.84 Å². The summed E-state index contributed by atoms with van der Waals surface area (Å²) in [6.07, 6.45) is 4.12. The van der Waals surface area contributed by atoms with Crippen molar-refractivity contribution in [3.8, 4) is 22.6 Å². The van der Waals surface area contributed by atoms with Gasteiger partial charge in [-0.3, -0.25) is 4.79 Å². The first-order valence-electron chi connectivity index (χ1n) is 8.95. The van der Waals surface area contributed by atoms with Crippen molar-refractivity contribution in [3.05, 3.63) is 78.1 Å². The van der Waals surface area contributed by atoms with Gasteiger partial charge in [-0.1, -0.05) is 36.4 Å². The van der Waals surface area contributed by atoms with Gasteiger partial charge in [-0.2, -0.15) is 0 Å². The molecule has 27 heavy (non-hydrogen) atoms. The van der Waals surface area contributed by atoms with Gasteiger partial charge in [0, 0.05) is 22.6 Å². The highest BCUT2D eigenvalue weighted by Crippen LogP contribution is 2.31. The fourth-order valence-electron chi connectivity index (χ4n) is 3.12. The topological polar surface area (TPSA) is 51.5 Å². The SMILES string of the molecule is C/C=C/c1cc(-c2ccccc2)c(C)n1-c1ccc(OCCC(=O)O)cc1. The maximum absolute atomic E-state index is 10.6. The van der Waals surface area contributed by atoms with Crippen LogP contribution in [-0.2, 0) is 4.79 Å². The lowest BCUT2D eigenvalue weighted by atomic mass is 10.1. The molecule has 4 heteroatoms. The number of allylic oxidation sites excluding steroid dienone is 1. The van der Waals surface area contributed by atoms with Crippen LogP contribution in [0.4, 0.5) is 0 Å². The Morgan fingerprint density at radius 2 is 1.81 bits per heavy atom. The molecule has 0 spiro atoms. The zero-order chi connectivity index (χ0) is 19.2. The Morgan fingerprint density at radius 3 is 2.44 bits per heavy atom. The van der Waals surface area contributed by atoms with E-state index in [-0.39, 0.29) is 13.0 Å². The lowest BCUT2D eigenvalue weighted by molar-refractivity contribution is -0.137. The van der Waals surface area contributed by atoms with E-state index in [0.717, 1.165) is 17.1 Å². The number of carboxylic acids is 1. The van der Waals surface area contributed by atoms with Gasteiger partial charge in [0.05, 0.1) is 13.0 Å². The molecule has 0 saturated carbocycles. The van der Waals surface area contributed by atoms with Crippen molar-refractivity contribution in [2.24, 2.45) is 0 Å². The minimum absolute atomic E-state index is 0.00958. The van der Waals surface area contributed by atoms with Gasteiger partial charge in [0.2, 0.25) is 0 Å². The Morgan fingerprint density at radius 1 is 1.11 bits per heavy atom. The number of aliphatic carboxylic acids is 1. The molecule has 138 valence electrons. The third kappa shape index (κ3) is 4.29. The Bertz CT molecular complexity index is 938. The summed E-state index contributed by atoms with van der Waals surface area (Å²) in [7, 11) is 0. The van der Waals surface area contributed by atoms with E-state index in [1.54, 1.807) is 0 Å². The number of hydrogen-bond acceptors (Lipinski definition) is 2. The van der Waals surface area contributed by atoms with E-state index in [1.165, 1.54) is 11.1 Å². The van der Waals surface area contributed by atoms with E-state index in [2.05, 4.69) is 35.8 Å². The summed E-state index contributed by atoms with van der Waals surface area (Å²) in [5.74, 6) is -0.195. The molecule has 0 radical (unpaired) electrons. The molecule has 1 N–H and O–H groups in total. The van der Waals surface area contributed by atoms with Crippen molar-refractivity contribution >= 4 is 12.0 Å². The molecule has 0 aliphatic carbocycles. The van der Waals surface area contributed by atoms with Crippen LogP contribution >= 0.6 is 0 Å². The molecule has 0 saturated heterocycles. The Labute approximate surface area is 159 Å². The highest BCUT2D eigenvalue weighted by atomic mass is 16.5. The molecular weight excluding hydrogens is 338 g/mol. The monoisotopic (exact) mass is 361 g/mol. The van der Waals surface area contributed by atoms with Gasteiger partial charge in [-0.05, 0) is 55.8 Å².